The lowest BCUT2D eigenvalue weighted by Gasteiger charge is -2.24. The van der Waals surface area contributed by atoms with Crippen LogP contribution in [0.2, 0.25) is 0 Å². The summed E-state index contributed by atoms with van der Waals surface area (Å²) in [5.74, 6) is 1.16. The first kappa shape index (κ1) is 23.5. The van der Waals surface area contributed by atoms with Crippen LogP contribution in [0.25, 0.3) is 16.8 Å². The van der Waals surface area contributed by atoms with Gasteiger partial charge in [0.1, 0.15) is 4.60 Å². The number of fused-ring (bicyclic) bond motifs is 1. The summed E-state index contributed by atoms with van der Waals surface area (Å²) in [6.07, 6.45) is 7.93. The van der Waals surface area contributed by atoms with Gasteiger partial charge in [-0.05, 0) is 72.0 Å². The van der Waals surface area contributed by atoms with Gasteiger partial charge >= 0.3 is 0 Å². The fourth-order valence-electron chi connectivity index (χ4n) is 3.65. The van der Waals surface area contributed by atoms with Crippen molar-refractivity contribution in [2.24, 2.45) is 11.4 Å². The average Bonchev–Trinajstić information content (AvgIpc) is 3.35. The van der Waals surface area contributed by atoms with E-state index in [1.54, 1.807) is 4.68 Å². The first-order valence-electron chi connectivity index (χ1n) is 10.5. The maximum atomic E-state index is 5.12. The molecule has 0 saturated carbocycles. The lowest BCUT2D eigenvalue weighted by atomic mass is 9.96. The van der Waals surface area contributed by atoms with Gasteiger partial charge in [-0.2, -0.15) is 14.7 Å². The number of nitrogens with one attached hydrogen (secondary N) is 2. The Morgan fingerprint density at radius 1 is 1.28 bits per heavy atom. The van der Waals surface area contributed by atoms with Gasteiger partial charge in [-0.3, -0.25) is 4.68 Å². The molecule has 170 valence electrons. The number of nitrogens with zero attached hydrogens (tertiary/aromatic N) is 6. The molecule has 0 aromatic carbocycles. The molecule has 4 rings (SSSR count). The van der Waals surface area contributed by atoms with Crippen LogP contribution in [-0.2, 0) is 7.05 Å². The third-order valence-corrected chi connectivity index (χ3v) is 8.00. The van der Waals surface area contributed by atoms with Crippen molar-refractivity contribution in [3.63, 3.8) is 0 Å². The van der Waals surface area contributed by atoms with E-state index in [1.165, 1.54) is 11.9 Å². The fourth-order valence-corrected chi connectivity index (χ4v) is 5.27. The molecule has 1 atom stereocenters. The van der Waals surface area contributed by atoms with E-state index >= 15 is 0 Å². The summed E-state index contributed by atoms with van der Waals surface area (Å²) in [6, 6.07) is 0. The number of aryl methyl sites for hydroxylation is 1. The molecule has 0 bridgehead atoms. The number of rotatable bonds is 6. The Kier molecular flexibility index (Phi) is 7.38. The highest BCUT2D eigenvalue weighted by Gasteiger charge is 2.26. The van der Waals surface area contributed by atoms with Crippen LogP contribution >= 0.6 is 43.8 Å². The van der Waals surface area contributed by atoms with Gasteiger partial charge < -0.3 is 10.6 Å². The Morgan fingerprint density at radius 2 is 2.06 bits per heavy atom. The van der Waals surface area contributed by atoms with Gasteiger partial charge in [-0.15, -0.1) is 0 Å². The van der Waals surface area contributed by atoms with Gasteiger partial charge in [-0.25, -0.2) is 9.38 Å². The zero-order valence-electron chi connectivity index (χ0n) is 18.5. The summed E-state index contributed by atoms with van der Waals surface area (Å²) in [5.41, 5.74) is 4.72. The van der Waals surface area contributed by atoms with Gasteiger partial charge in [0.15, 0.2) is 11.5 Å². The van der Waals surface area contributed by atoms with E-state index in [0.717, 1.165) is 74.0 Å². The third-order valence-electron chi connectivity index (χ3n) is 5.29. The molecule has 11 heteroatoms. The Bertz CT molecular complexity index is 1190. The van der Waals surface area contributed by atoms with Crippen LogP contribution in [0.1, 0.15) is 45.2 Å². The highest BCUT2D eigenvalue weighted by molar-refractivity contribution is 9.11. The zero-order valence-corrected chi connectivity index (χ0v) is 22.5. The van der Waals surface area contributed by atoms with Crippen LogP contribution in [0, 0.1) is 0 Å². The lowest BCUT2D eigenvalue weighted by Crippen LogP contribution is -2.29. The summed E-state index contributed by atoms with van der Waals surface area (Å²) in [7, 11) is 1.90. The van der Waals surface area contributed by atoms with Crippen LogP contribution in [0.4, 0.5) is 5.82 Å². The van der Waals surface area contributed by atoms with Crippen LogP contribution < -0.4 is 10.6 Å². The van der Waals surface area contributed by atoms with E-state index in [2.05, 4.69) is 52.0 Å². The summed E-state index contributed by atoms with van der Waals surface area (Å²) in [4.78, 5) is 5.12. The minimum atomic E-state index is 0.321. The van der Waals surface area contributed by atoms with E-state index in [0.29, 0.717) is 5.92 Å². The molecule has 4 heterocycles. The van der Waals surface area contributed by atoms with Crippen molar-refractivity contribution >= 4 is 61.0 Å². The van der Waals surface area contributed by atoms with Crippen molar-refractivity contribution in [2.45, 2.75) is 39.5 Å². The van der Waals surface area contributed by atoms with Gasteiger partial charge in [0, 0.05) is 42.7 Å². The molecule has 3 aromatic rings. The highest BCUT2D eigenvalue weighted by Crippen LogP contribution is 2.38. The Labute approximate surface area is 208 Å². The average molecular weight is 582 g/mol. The van der Waals surface area contributed by atoms with Crippen LogP contribution in [0.15, 0.2) is 37.0 Å². The largest absolute Gasteiger partial charge is 0.333 e. The monoisotopic (exact) mass is 580 g/mol. The molecule has 0 spiro atoms. The first-order chi connectivity index (χ1) is 15.4. The predicted octanol–water partition coefficient (Wildman–Crippen LogP) is 5.52. The topological polar surface area (TPSA) is 84.4 Å². The number of piperidine rings is 1. The normalized spacial score (nSPS) is 17.1. The van der Waals surface area contributed by atoms with Crippen molar-refractivity contribution in [2.75, 3.05) is 18.4 Å². The molecule has 3 aromatic heterocycles. The molecule has 0 radical (unpaired) electrons. The van der Waals surface area contributed by atoms with Gasteiger partial charge in [0.2, 0.25) is 0 Å². The lowest BCUT2D eigenvalue weighted by molar-refractivity contribution is 0.453. The molecule has 32 heavy (non-hydrogen) atoms. The maximum Gasteiger partial charge on any atom is 0.165 e. The minimum absolute atomic E-state index is 0.321. The van der Waals surface area contributed by atoms with Gasteiger partial charge in [-0.1, -0.05) is 6.08 Å². The molecule has 8 nitrogen and oxygen atoms in total. The van der Waals surface area contributed by atoms with Crippen LogP contribution in [0.3, 0.4) is 0 Å². The van der Waals surface area contributed by atoms with Crippen molar-refractivity contribution in [1.29, 1.82) is 0 Å². The number of hydrogen-bond donors (Lipinski definition) is 2. The molecule has 1 unspecified atom stereocenters. The van der Waals surface area contributed by atoms with Gasteiger partial charge in [0.25, 0.3) is 0 Å². The molecule has 1 aliphatic heterocycles. The Hall–Kier alpha value is -1.69. The molecule has 0 aliphatic carbocycles. The summed E-state index contributed by atoms with van der Waals surface area (Å²) in [5, 5.41) is 17.0. The number of aromatic nitrogens is 5. The van der Waals surface area contributed by atoms with E-state index in [9.17, 15) is 0 Å². The third kappa shape index (κ3) is 4.66. The standard InChI is InChI=1S/C21H26Br2N8S/c1-5-16(32-29-12(2)3)27-21-17(22)18(13-7-6-8-24-9-13)28-20-15(11-26-31(20)21)14-10-25-30(4)19(14)23/h5,10-11,13,24,27H,6-9H2,1-4H3/b16-5-. The van der Waals surface area contributed by atoms with E-state index in [-0.39, 0.29) is 0 Å². The van der Waals surface area contributed by atoms with Crippen molar-refractivity contribution < 1.29 is 0 Å². The second-order valence-corrected chi connectivity index (χ2v) is 10.2. The van der Waals surface area contributed by atoms with E-state index in [1.807, 2.05) is 50.8 Å². The Balaban J connectivity index is 1.88. The molecular weight excluding hydrogens is 556 g/mol. The van der Waals surface area contributed by atoms with E-state index < -0.39 is 0 Å². The van der Waals surface area contributed by atoms with E-state index in [4.69, 9.17) is 10.1 Å². The molecule has 1 fully saturated rings. The van der Waals surface area contributed by atoms with Crippen molar-refractivity contribution in [1.82, 2.24) is 29.7 Å². The number of allylic oxidation sites excluding steroid dienone is 1. The van der Waals surface area contributed by atoms with Crippen LogP contribution in [-0.4, -0.2) is 43.2 Å². The highest BCUT2D eigenvalue weighted by atomic mass is 79.9. The summed E-state index contributed by atoms with van der Waals surface area (Å²) in [6.45, 7) is 7.93. The predicted molar refractivity (Wildman–Crippen MR) is 139 cm³/mol. The van der Waals surface area contributed by atoms with Gasteiger partial charge in [0.05, 0.1) is 33.2 Å². The molecule has 1 aliphatic rings. The second-order valence-electron chi connectivity index (χ2n) is 7.88. The maximum absolute atomic E-state index is 5.12. The number of anilines is 1. The molecule has 2 N–H and O–H groups in total. The number of halogens is 2. The smallest absolute Gasteiger partial charge is 0.165 e. The van der Waals surface area contributed by atoms with Crippen molar-refractivity contribution in [3.8, 4) is 11.1 Å². The Morgan fingerprint density at radius 3 is 2.69 bits per heavy atom. The fraction of sp³-hybridized carbons (Fsp3) is 0.429. The van der Waals surface area contributed by atoms with Crippen molar-refractivity contribution in [3.05, 3.63) is 38.3 Å². The SMILES string of the molecule is C/C=C(/Nc1c(Br)c(C2CCCNC2)nc2c(-c3cnn(C)c3Br)cnn12)SN=C(C)C. The van der Waals surface area contributed by atoms with Crippen LogP contribution in [0.5, 0.6) is 0 Å². The number of hydrogen-bond acceptors (Lipinski definition) is 7. The summed E-state index contributed by atoms with van der Waals surface area (Å²) < 4.78 is 9.96. The molecule has 1 saturated heterocycles. The molecule has 0 amide bonds. The zero-order chi connectivity index (χ0) is 22.8. The molecular formula is C21H26Br2N8S. The first-order valence-corrected chi connectivity index (χ1v) is 12.8. The minimum Gasteiger partial charge on any atom is -0.333 e. The second kappa shape index (κ2) is 10.1. The quantitative estimate of drug-likeness (QED) is 0.294. The summed E-state index contributed by atoms with van der Waals surface area (Å²) >= 11 is 8.91.